The Balaban J connectivity index is 1.67. The van der Waals surface area contributed by atoms with Gasteiger partial charge in [0, 0.05) is 13.1 Å². The number of nitrogens with one attached hydrogen (secondary N) is 1. The Morgan fingerprint density at radius 1 is 1.04 bits per heavy atom. The van der Waals surface area contributed by atoms with Crippen LogP contribution in [0.1, 0.15) is 31.1 Å². The number of amides is 3. The second kappa shape index (κ2) is 6.80. The summed E-state index contributed by atoms with van der Waals surface area (Å²) in [7, 11) is 0. The van der Waals surface area contributed by atoms with Crippen molar-refractivity contribution in [1.82, 2.24) is 10.2 Å². The van der Waals surface area contributed by atoms with Gasteiger partial charge in [0.2, 0.25) is 0 Å². The van der Waals surface area contributed by atoms with Crippen LogP contribution in [0.3, 0.4) is 0 Å². The van der Waals surface area contributed by atoms with Crippen molar-refractivity contribution in [2.24, 2.45) is 0 Å². The molecule has 1 heterocycles. The highest BCUT2D eigenvalue weighted by molar-refractivity contribution is 6.37. The van der Waals surface area contributed by atoms with Crippen LogP contribution in [0.15, 0.2) is 30.3 Å². The highest BCUT2D eigenvalue weighted by Crippen LogP contribution is 2.28. The summed E-state index contributed by atoms with van der Waals surface area (Å²) in [6.07, 6.45) is 0. The third-order valence-corrected chi connectivity index (χ3v) is 4.16. The van der Waals surface area contributed by atoms with Gasteiger partial charge in [-0.25, -0.2) is 13.2 Å². The fourth-order valence-corrected chi connectivity index (χ4v) is 2.83. The molecule has 0 radical (unpaired) electrons. The number of hydrogen-bond acceptors (Lipinski definition) is 3. The van der Waals surface area contributed by atoms with Crippen molar-refractivity contribution >= 4 is 29.3 Å². The molecule has 26 heavy (non-hydrogen) atoms. The number of carbonyl (C=O) groups excluding carboxylic acids is 3. The number of carbonyl (C=O) groups is 3. The Labute approximate surface area is 150 Å². The lowest BCUT2D eigenvalue weighted by atomic mass is 10.1. The van der Waals surface area contributed by atoms with Crippen molar-refractivity contribution in [2.45, 2.75) is 0 Å². The van der Waals surface area contributed by atoms with E-state index in [0.717, 1.165) is 11.0 Å². The van der Waals surface area contributed by atoms with E-state index in [1.165, 1.54) is 18.2 Å². The van der Waals surface area contributed by atoms with Crippen molar-refractivity contribution in [3.05, 3.63) is 69.5 Å². The molecule has 3 rings (SSSR count). The number of fused-ring (bicyclic) bond motifs is 1. The zero-order chi connectivity index (χ0) is 19.0. The van der Waals surface area contributed by atoms with E-state index in [-0.39, 0.29) is 29.2 Å². The normalized spacial score (nSPS) is 13.2. The molecule has 1 N–H and O–H groups in total. The molecule has 0 unspecified atom stereocenters. The predicted molar refractivity (Wildman–Crippen MR) is 85.5 cm³/mol. The van der Waals surface area contributed by atoms with E-state index >= 15 is 0 Å². The minimum atomic E-state index is -1.76. The monoisotopic (exact) mass is 382 g/mol. The van der Waals surface area contributed by atoms with Crippen LogP contribution in [0, 0.1) is 17.5 Å². The number of benzene rings is 2. The lowest BCUT2D eigenvalue weighted by molar-refractivity contribution is 0.0649. The van der Waals surface area contributed by atoms with Crippen molar-refractivity contribution in [1.29, 1.82) is 0 Å². The molecule has 0 saturated carbocycles. The maximum atomic E-state index is 13.6. The molecule has 0 atom stereocenters. The molecular formula is C17H10ClF3N2O3. The van der Waals surface area contributed by atoms with Gasteiger partial charge >= 0.3 is 0 Å². The average molecular weight is 383 g/mol. The van der Waals surface area contributed by atoms with Crippen LogP contribution in [-0.2, 0) is 0 Å². The fourth-order valence-electron chi connectivity index (χ4n) is 2.57. The largest absolute Gasteiger partial charge is 0.350 e. The van der Waals surface area contributed by atoms with Crippen molar-refractivity contribution in [3.63, 3.8) is 0 Å². The first-order valence-corrected chi connectivity index (χ1v) is 7.77. The highest BCUT2D eigenvalue weighted by atomic mass is 35.5. The molecule has 0 bridgehead atoms. The summed E-state index contributed by atoms with van der Waals surface area (Å²) in [5.74, 6) is -6.97. The molecule has 0 aliphatic carbocycles. The van der Waals surface area contributed by atoms with Gasteiger partial charge in [-0.1, -0.05) is 17.7 Å². The van der Waals surface area contributed by atoms with Gasteiger partial charge in [0.05, 0.1) is 21.7 Å². The summed E-state index contributed by atoms with van der Waals surface area (Å²) < 4.78 is 39.6. The van der Waals surface area contributed by atoms with Crippen LogP contribution < -0.4 is 5.32 Å². The maximum Gasteiger partial charge on any atom is 0.263 e. The number of rotatable bonds is 4. The Kier molecular flexibility index (Phi) is 4.69. The van der Waals surface area contributed by atoms with Crippen LogP contribution in [0.2, 0.25) is 5.02 Å². The van der Waals surface area contributed by atoms with Crippen molar-refractivity contribution < 1.29 is 27.6 Å². The molecule has 1 aliphatic rings. The summed E-state index contributed by atoms with van der Waals surface area (Å²) in [5, 5.41) is 2.38. The zero-order valence-corrected chi connectivity index (χ0v) is 13.7. The first kappa shape index (κ1) is 17.9. The number of imide groups is 1. The van der Waals surface area contributed by atoms with E-state index in [9.17, 15) is 27.6 Å². The van der Waals surface area contributed by atoms with Gasteiger partial charge in [-0.15, -0.1) is 0 Å². The standard InChI is InChI=1S/C17H10ClF3N2O3/c18-10-3-1-2-8-12(10)17(26)23(16(8)25)7-6-22-15(24)9-4-5-11(19)14(21)13(9)20/h1-5H,6-7H2,(H,22,24). The maximum absolute atomic E-state index is 13.6. The van der Waals surface area contributed by atoms with E-state index in [1.54, 1.807) is 0 Å². The Hall–Kier alpha value is -2.87. The smallest absolute Gasteiger partial charge is 0.263 e. The molecular weight excluding hydrogens is 373 g/mol. The second-order valence-electron chi connectivity index (χ2n) is 5.40. The molecule has 5 nitrogen and oxygen atoms in total. The van der Waals surface area contributed by atoms with E-state index in [0.29, 0.717) is 6.07 Å². The molecule has 0 fully saturated rings. The molecule has 3 amide bonds. The van der Waals surface area contributed by atoms with Gasteiger partial charge < -0.3 is 5.32 Å². The summed E-state index contributed by atoms with van der Waals surface area (Å²) in [4.78, 5) is 37.3. The summed E-state index contributed by atoms with van der Waals surface area (Å²) >= 11 is 5.93. The van der Waals surface area contributed by atoms with E-state index in [4.69, 9.17) is 11.6 Å². The molecule has 0 spiro atoms. The molecule has 0 aromatic heterocycles. The molecule has 2 aromatic carbocycles. The third-order valence-electron chi connectivity index (χ3n) is 3.85. The van der Waals surface area contributed by atoms with Crippen LogP contribution >= 0.6 is 11.6 Å². The molecule has 1 aliphatic heterocycles. The van der Waals surface area contributed by atoms with Crippen LogP contribution in [-0.4, -0.2) is 35.7 Å². The van der Waals surface area contributed by atoms with Gasteiger partial charge in [-0.3, -0.25) is 19.3 Å². The Bertz CT molecular complexity index is 949. The highest BCUT2D eigenvalue weighted by Gasteiger charge is 2.36. The quantitative estimate of drug-likeness (QED) is 0.653. The van der Waals surface area contributed by atoms with Gasteiger partial charge in [0.25, 0.3) is 17.7 Å². The molecule has 2 aromatic rings. The summed E-state index contributed by atoms with van der Waals surface area (Å²) in [6, 6.07) is 5.88. The fraction of sp³-hybridized carbons (Fsp3) is 0.118. The van der Waals surface area contributed by atoms with Crippen LogP contribution in [0.5, 0.6) is 0 Å². The van der Waals surface area contributed by atoms with Crippen LogP contribution in [0.25, 0.3) is 0 Å². The Morgan fingerprint density at radius 2 is 1.77 bits per heavy atom. The topological polar surface area (TPSA) is 66.5 Å². The number of nitrogens with zero attached hydrogens (tertiary/aromatic N) is 1. The SMILES string of the molecule is O=C(NCCN1C(=O)c2cccc(Cl)c2C1=O)c1ccc(F)c(F)c1F. The van der Waals surface area contributed by atoms with Gasteiger partial charge in [-0.2, -0.15) is 0 Å². The van der Waals surface area contributed by atoms with E-state index in [1.807, 2.05) is 0 Å². The van der Waals surface area contributed by atoms with Gasteiger partial charge in [-0.05, 0) is 24.3 Å². The zero-order valence-electron chi connectivity index (χ0n) is 13.0. The van der Waals surface area contributed by atoms with E-state index in [2.05, 4.69) is 5.32 Å². The molecule has 134 valence electrons. The first-order valence-electron chi connectivity index (χ1n) is 7.39. The van der Waals surface area contributed by atoms with Crippen molar-refractivity contribution in [3.8, 4) is 0 Å². The van der Waals surface area contributed by atoms with Crippen molar-refractivity contribution in [2.75, 3.05) is 13.1 Å². The number of hydrogen-bond donors (Lipinski definition) is 1. The van der Waals surface area contributed by atoms with Crippen LogP contribution in [0.4, 0.5) is 13.2 Å². The van der Waals surface area contributed by atoms with E-state index < -0.39 is 40.7 Å². The second-order valence-corrected chi connectivity index (χ2v) is 5.81. The predicted octanol–water partition coefficient (Wildman–Crippen LogP) is 2.78. The number of halogens is 4. The lowest BCUT2D eigenvalue weighted by Gasteiger charge is -2.14. The summed E-state index contributed by atoms with van der Waals surface area (Å²) in [6.45, 7) is -0.403. The minimum absolute atomic E-state index is 0.0807. The lowest BCUT2D eigenvalue weighted by Crippen LogP contribution is -2.38. The Morgan fingerprint density at radius 3 is 2.46 bits per heavy atom. The summed E-state index contributed by atoms with van der Waals surface area (Å²) in [5.41, 5.74) is -0.452. The minimum Gasteiger partial charge on any atom is -0.350 e. The average Bonchev–Trinajstić information content (AvgIpc) is 2.85. The molecule has 9 heteroatoms. The van der Waals surface area contributed by atoms with Gasteiger partial charge in [0.1, 0.15) is 0 Å². The third kappa shape index (κ3) is 2.92. The van der Waals surface area contributed by atoms with Gasteiger partial charge in [0.15, 0.2) is 17.5 Å². The molecule has 0 saturated heterocycles. The first-order chi connectivity index (χ1) is 12.3.